The standard InChI is InChI=1S/C23H35N3O5/c1-24-12-8-19(9-13-24)20-10-14-26(15-11-20)22(28)21(16-27)25(2)31-23(29)30-17-18-6-4-3-5-7-18/h3-7,19-21,27H,8-17H2,1-2H3/t21-/m1/s1. The van der Waals surface area contributed by atoms with Crippen LogP contribution in [0.2, 0.25) is 0 Å². The minimum Gasteiger partial charge on any atom is -0.428 e. The smallest absolute Gasteiger partial charge is 0.428 e. The third-order valence-corrected chi connectivity index (χ3v) is 6.60. The number of rotatable bonds is 7. The Morgan fingerprint density at radius 3 is 2.23 bits per heavy atom. The first-order valence-electron chi connectivity index (χ1n) is 11.2. The summed E-state index contributed by atoms with van der Waals surface area (Å²) in [4.78, 5) is 34.2. The number of likely N-dealkylation sites (N-methyl/N-ethyl adjacent to an activating group) is 1. The maximum atomic E-state index is 12.9. The van der Waals surface area contributed by atoms with Crippen LogP contribution in [0.5, 0.6) is 0 Å². The van der Waals surface area contributed by atoms with Crippen LogP contribution in [0.3, 0.4) is 0 Å². The molecule has 0 spiro atoms. The molecule has 0 bridgehead atoms. The molecule has 0 radical (unpaired) electrons. The summed E-state index contributed by atoms with van der Waals surface area (Å²) in [6.07, 6.45) is 3.54. The number of carbonyl (C=O) groups excluding carboxylic acids is 2. The number of nitrogens with zero attached hydrogens (tertiary/aromatic N) is 3. The number of aliphatic hydroxyl groups is 1. The van der Waals surface area contributed by atoms with Gasteiger partial charge >= 0.3 is 6.16 Å². The zero-order chi connectivity index (χ0) is 22.2. The Bertz CT molecular complexity index is 700. The number of ether oxygens (including phenoxy) is 1. The quantitative estimate of drug-likeness (QED) is 0.521. The molecule has 2 heterocycles. The zero-order valence-electron chi connectivity index (χ0n) is 18.6. The SMILES string of the molecule is CN1CCC(C2CCN(C(=O)[C@@H](CO)N(C)OC(=O)OCc3ccccc3)CC2)CC1. The van der Waals surface area contributed by atoms with E-state index in [-0.39, 0.29) is 12.5 Å². The summed E-state index contributed by atoms with van der Waals surface area (Å²) in [7, 11) is 3.64. The van der Waals surface area contributed by atoms with Gasteiger partial charge in [-0.1, -0.05) is 30.3 Å². The van der Waals surface area contributed by atoms with Crippen LogP contribution in [0, 0.1) is 11.8 Å². The highest BCUT2D eigenvalue weighted by atomic mass is 16.8. The van der Waals surface area contributed by atoms with E-state index >= 15 is 0 Å². The number of hydroxylamine groups is 2. The molecule has 1 N–H and O–H groups in total. The number of piperidine rings is 2. The topological polar surface area (TPSA) is 82.5 Å². The van der Waals surface area contributed by atoms with Crippen molar-refractivity contribution in [1.29, 1.82) is 0 Å². The predicted molar refractivity (Wildman–Crippen MR) is 116 cm³/mol. The lowest BCUT2D eigenvalue weighted by Gasteiger charge is -2.40. The lowest BCUT2D eigenvalue weighted by atomic mass is 9.79. The van der Waals surface area contributed by atoms with E-state index in [0.717, 1.165) is 42.5 Å². The number of likely N-dealkylation sites (tertiary alicyclic amines) is 2. The number of amides is 1. The average molecular weight is 434 g/mol. The van der Waals surface area contributed by atoms with E-state index in [9.17, 15) is 14.7 Å². The number of carbonyl (C=O) groups is 2. The maximum Gasteiger partial charge on any atom is 0.528 e. The highest BCUT2D eigenvalue weighted by Gasteiger charge is 2.34. The van der Waals surface area contributed by atoms with Crippen LogP contribution in [0.4, 0.5) is 4.79 Å². The van der Waals surface area contributed by atoms with Crippen molar-refractivity contribution in [2.24, 2.45) is 11.8 Å². The molecule has 1 aromatic rings. The van der Waals surface area contributed by atoms with Crippen molar-refractivity contribution in [2.75, 3.05) is 46.9 Å². The maximum absolute atomic E-state index is 12.9. The Kier molecular flexibility index (Phi) is 8.69. The second-order valence-corrected chi connectivity index (χ2v) is 8.66. The molecule has 0 aromatic heterocycles. The molecule has 0 aliphatic carbocycles. The minimum atomic E-state index is -0.941. The van der Waals surface area contributed by atoms with Gasteiger partial charge in [-0.2, -0.15) is 0 Å². The average Bonchev–Trinajstić information content (AvgIpc) is 2.79. The third-order valence-electron chi connectivity index (χ3n) is 6.60. The fourth-order valence-corrected chi connectivity index (χ4v) is 4.57. The normalized spacial score (nSPS) is 19.9. The van der Waals surface area contributed by atoms with Gasteiger partial charge in [-0.3, -0.25) is 4.79 Å². The number of benzene rings is 1. The summed E-state index contributed by atoms with van der Waals surface area (Å²) in [5.41, 5.74) is 0.837. The Morgan fingerprint density at radius 1 is 1.06 bits per heavy atom. The summed E-state index contributed by atoms with van der Waals surface area (Å²) < 4.78 is 5.09. The minimum absolute atomic E-state index is 0.0791. The molecule has 31 heavy (non-hydrogen) atoms. The monoisotopic (exact) mass is 433 g/mol. The van der Waals surface area contributed by atoms with Crippen LogP contribution in [0.25, 0.3) is 0 Å². The zero-order valence-corrected chi connectivity index (χ0v) is 18.6. The largest absolute Gasteiger partial charge is 0.528 e. The summed E-state index contributed by atoms with van der Waals surface area (Å²) in [6.45, 7) is 3.31. The van der Waals surface area contributed by atoms with Gasteiger partial charge in [0, 0.05) is 20.1 Å². The fraction of sp³-hybridized carbons (Fsp3) is 0.652. The summed E-state index contributed by atoms with van der Waals surface area (Å²) in [5, 5.41) is 10.9. The first-order valence-corrected chi connectivity index (χ1v) is 11.2. The van der Waals surface area contributed by atoms with Crippen LogP contribution in [0.15, 0.2) is 30.3 Å². The first kappa shape index (κ1) is 23.5. The van der Waals surface area contributed by atoms with Gasteiger partial charge in [0.25, 0.3) is 0 Å². The van der Waals surface area contributed by atoms with Gasteiger partial charge in [0.1, 0.15) is 12.6 Å². The Morgan fingerprint density at radius 2 is 1.65 bits per heavy atom. The highest BCUT2D eigenvalue weighted by molar-refractivity contribution is 5.82. The van der Waals surface area contributed by atoms with Gasteiger partial charge < -0.3 is 24.5 Å². The summed E-state index contributed by atoms with van der Waals surface area (Å²) in [6, 6.07) is 8.32. The van der Waals surface area contributed by atoms with Crippen LogP contribution in [-0.4, -0.2) is 85.0 Å². The lowest BCUT2D eigenvalue weighted by molar-refractivity contribution is -0.171. The summed E-state index contributed by atoms with van der Waals surface area (Å²) >= 11 is 0. The molecule has 2 aliphatic heterocycles. The number of aliphatic hydroxyl groups excluding tert-OH is 1. The van der Waals surface area contributed by atoms with Crippen molar-refractivity contribution < 1.29 is 24.3 Å². The molecular formula is C23H35N3O5. The van der Waals surface area contributed by atoms with Crippen molar-refractivity contribution in [3.63, 3.8) is 0 Å². The molecule has 0 unspecified atom stereocenters. The van der Waals surface area contributed by atoms with Gasteiger partial charge in [-0.15, -0.1) is 5.06 Å². The molecule has 2 aliphatic rings. The second kappa shape index (κ2) is 11.5. The van der Waals surface area contributed by atoms with Crippen LogP contribution in [-0.2, 0) is 21.0 Å². The van der Waals surface area contributed by atoms with Crippen molar-refractivity contribution in [3.05, 3.63) is 35.9 Å². The van der Waals surface area contributed by atoms with Gasteiger partial charge in [0.2, 0.25) is 5.91 Å². The van der Waals surface area contributed by atoms with E-state index in [2.05, 4.69) is 11.9 Å². The van der Waals surface area contributed by atoms with Gasteiger partial charge in [0.05, 0.1) is 6.61 Å². The first-order chi connectivity index (χ1) is 15.0. The third kappa shape index (κ3) is 6.66. The fourth-order valence-electron chi connectivity index (χ4n) is 4.57. The van der Waals surface area contributed by atoms with Crippen molar-refractivity contribution in [3.8, 4) is 0 Å². The van der Waals surface area contributed by atoms with Crippen LogP contribution >= 0.6 is 0 Å². The molecule has 2 saturated heterocycles. The van der Waals surface area contributed by atoms with Gasteiger partial charge in [-0.25, -0.2) is 4.79 Å². The second-order valence-electron chi connectivity index (χ2n) is 8.66. The van der Waals surface area contributed by atoms with Gasteiger partial charge in [0.15, 0.2) is 0 Å². The Labute approximate surface area is 184 Å². The molecule has 0 saturated carbocycles. The molecule has 1 atom stereocenters. The molecule has 1 aromatic carbocycles. The van der Waals surface area contributed by atoms with Crippen molar-refractivity contribution in [1.82, 2.24) is 14.9 Å². The Balaban J connectivity index is 1.44. The highest BCUT2D eigenvalue weighted by Crippen LogP contribution is 2.32. The number of hydrogen-bond acceptors (Lipinski definition) is 7. The van der Waals surface area contributed by atoms with E-state index in [0.29, 0.717) is 19.0 Å². The lowest BCUT2D eigenvalue weighted by Crippen LogP contribution is -2.52. The van der Waals surface area contributed by atoms with Crippen molar-refractivity contribution in [2.45, 2.75) is 38.3 Å². The Hall–Kier alpha value is -2.16. The molecule has 3 rings (SSSR count). The predicted octanol–water partition coefficient (Wildman–Crippen LogP) is 2.13. The van der Waals surface area contributed by atoms with Gasteiger partial charge in [-0.05, 0) is 63.2 Å². The molecule has 8 heteroatoms. The van der Waals surface area contributed by atoms with E-state index < -0.39 is 18.8 Å². The van der Waals surface area contributed by atoms with Crippen molar-refractivity contribution >= 4 is 12.1 Å². The molecular weight excluding hydrogens is 398 g/mol. The molecule has 1 amide bonds. The van der Waals surface area contributed by atoms with E-state index in [4.69, 9.17) is 9.57 Å². The van der Waals surface area contributed by atoms with E-state index in [1.54, 1.807) is 4.90 Å². The van der Waals surface area contributed by atoms with Crippen LogP contribution in [0.1, 0.15) is 31.2 Å². The molecule has 172 valence electrons. The van der Waals surface area contributed by atoms with E-state index in [1.807, 2.05) is 30.3 Å². The van der Waals surface area contributed by atoms with E-state index in [1.165, 1.54) is 19.9 Å². The summed E-state index contributed by atoms with van der Waals surface area (Å²) in [5.74, 6) is 1.18. The van der Waals surface area contributed by atoms with Crippen LogP contribution < -0.4 is 0 Å². The molecule has 2 fully saturated rings. The molecule has 8 nitrogen and oxygen atoms in total. The number of hydrogen-bond donors (Lipinski definition) is 1.